The summed E-state index contributed by atoms with van der Waals surface area (Å²) in [6.07, 6.45) is 2.72. The summed E-state index contributed by atoms with van der Waals surface area (Å²) in [7, 11) is -3.63. The standard InChI is InChI=1S/C8H7BrN4O2S2/c9-6-2-12-7(3-11-6)13-17(14,15)8-1-5(10)4-16-8/h1-4H,10H2,(H,12,13). The maximum absolute atomic E-state index is 11.9. The fourth-order valence-electron chi connectivity index (χ4n) is 1.02. The highest BCUT2D eigenvalue weighted by molar-refractivity contribution is 9.10. The summed E-state index contributed by atoms with van der Waals surface area (Å²) in [5, 5.41) is 1.56. The Morgan fingerprint density at radius 3 is 2.65 bits per heavy atom. The van der Waals surface area contributed by atoms with Gasteiger partial charge < -0.3 is 5.73 Å². The quantitative estimate of drug-likeness (QED) is 0.889. The summed E-state index contributed by atoms with van der Waals surface area (Å²) in [6, 6.07) is 1.39. The summed E-state index contributed by atoms with van der Waals surface area (Å²) in [5.41, 5.74) is 5.89. The van der Waals surface area contributed by atoms with Crippen molar-refractivity contribution in [3.63, 3.8) is 0 Å². The van der Waals surface area contributed by atoms with Crippen LogP contribution in [0.4, 0.5) is 11.5 Å². The molecule has 6 nitrogen and oxygen atoms in total. The van der Waals surface area contributed by atoms with Gasteiger partial charge >= 0.3 is 0 Å². The van der Waals surface area contributed by atoms with Crippen molar-refractivity contribution in [2.75, 3.05) is 10.5 Å². The molecule has 0 radical (unpaired) electrons. The van der Waals surface area contributed by atoms with E-state index in [0.717, 1.165) is 11.3 Å². The van der Waals surface area contributed by atoms with Crippen molar-refractivity contribution in [1.29, 1.82) is 0 Å². The van der Waals surface area contributed by atoms with Crippen molar-refractivity contribution in [1.82, 2.24) is 9.97 Å². The van der Waals surface area contributed by atoms with Gasteiger partial charge in [-0.05, 0) is 22.0 Å². The van der Waals surface area contributed by atoms with Crippen molar-refractivity contribution in [2.24, 2.45) is 0 Å². The molecule has 9 heteroatoms. The number of nitrogens with one attached hydrogen (secondary N) is 1. The minimum Gasteiger partial charge on any atom is -0.398 e. The summed E-state index contributed by atoms with van der Waals surface area (Å²) in [4.78, 5) is 7.74. The molecule has 2 heterocycles. The number of hydrogen-bond acceptors (Lipinski definition) is 6. The first-order chi connectivity index (χ1) is 7.97. The maximum atomic E-state index is 11.9. The molecule has 0 fully saturated rings. The van der Waals surface area contributed by atoms with E-state index < -0.39 is 10.0 Å². The normalized spacial score (nSPS) is 11.4. The average molecular weight is 335 g/mol. The molecule has 0 amide bonds. The Morgan fingerprint density at radius 2 is 2.12 bits per heavy atom. The monoisotopic (exact) mass is 334 g/mol. The van der Waals surface area contributed by atoms with E-state index in [1.165, 1.54) is 18.5 Å². The van der Waals surface area contributed by atoms with Crippen LogP contribution >= 0.6 is 27.3 Å². The minimum absolute atomic E-state index is 0.139. The van der Waals surface area contributed by atoms with Crippen LogP contribution in [-0.4, -0.2) is 18.4 Å². The highest BCUT2D eigenvalue weighted by Crippen LogP contribution is 2.23. The van der Waals surface area contributed by atoms with Gasteiger partial charge in [0, 0.05) is 11.1 Å². The van der Waals surface area contributed by atoms with Gasteiger partial charge in [0.15, 0.2) is 5.82 Å². The van der Waals surface area contributed by atoms with Gasteiger partial charge in [0.1, 0.15) is 8.81 Å². The Hall–Kier alpha value is -1.19. The van der Waals surface area contributed by atoms with Crippen molar-refractivity contribution in [3.8, 4) is 0 Å². The predicted octanol–water partition coefficient (Wildman–Crippen LogP) is 1.68. The summed E-state index contributed by atoms with van der Waals surface area (Å²) < 4.78 is 26.7. The Labute approximate surface area is 110 Å². The van der Waals surface area contributed by atoms with Crippen LogP contribution < -0.4 is 10.5 Å². The van der Waals surface area contributed by atoms with Crippen LogP contribution in [0.3, 0.4) is 0 Å². The third-order valence-electron chi connectivity index (χ3n) is 1.72. The third-order valence-corrected chi connectivity index (χ3v) is 4.94. The van der Waals surface area contributed by atoms with Gasteiger partial charge in [-0.1, -0.05) is 0 Å². The molecular formula is C8H7BrN4O2S2. The molecule has 0 unspecified atom stereocenters. The zero-order valence-corrected chi connectivity index (χ0v) is 11.5. The molecule has 0 spiro atoms. The number of rotatable bonds is 3. The lowest BCUT2D eigenvalue weighted by Gasteiger charge is -2.04. The van der Waals surface area contributed by atoms with Crippen LogP contribution in [0, 0.1) is 0 Å². The Balaban J connectivity index is 2.26. The first kappa shape index (κ1) is 12.3. The highest BCUT2D eigenvalue weighted by Gasteiger charge is 2.17. The molecule has 2 rings (SSSR count). The Kier molecular flexibility index (Phi) is 3.31. The molecule has 0 aromatic carbocycles. The van der Waals surface area contributed by atoms with Gasteiger partial charge in [0.05, 0.1) is 12.4 Å². The maximum Gasteiger partial charge on any atom is 0.272 e. The molecule has 0 bridgehead atoms. The fraction of sp³-hybridized carbons (Fsp3) is 0. The van der Waals surface area contributed by atoms with Crippen molar-refractivity contribution in [3.05, 3.63) is 28.4 Å². The number of halogens is 1. The number of sulfonamides is 1. The van der Waals surface area contributed by atoms with E-state index in [2.05, 4.69) is 30.6 Å². The van der Waals surface area contributed by atoms with Gasteiger partial charge in [0.2, 0.25) is 0 Å². The molecule has 2 aromatic heterocycles. The molecule has 0 aliphatic heterocycles. The number of hydrogen-bond donors (Lipinski definition) is 2. The number of aromatic nitrogens is 2. The second-order valence-electron chi connectivity index (χ2n) is 3.03. The molecule has 0 atom stereocenters. The number of nitrogens with two attached hydrogens (primary N) is 1. The second-order valence-corrected chi connectivity index (χ2v) is 6.66. The molecule has 0 saturated carbocycles. The lowest BCUT2D eigenvalue weighted by Crippen LogP contribution is -2.12. The van der Waals surface area contributed by atoms with Crippen LogP contribution in [0.1, 0.15) is 0 Å². The van der Waals surface area contributed by atoms with Crippen LogP contribution in [-0.2, 0) is 10.0 Å². The SMILES string of the molecule is Nc1csc(S(=O)(=O)Nc2cnc(Br)cn2)c1. The van der Waals surface area contributed by atoms with Gasteiger partial charge in [0.25, 0.3) is 10.0 Å². The smallest absolute Gasteiger partial charge is 0.272 e. The Bertz CT molecular complexity index is 623. The average Bonchev–Trinajstić information content (AvgIpc) is 2.69. The number of nitrogen functional groups attached to an aromatic ring is 1. The van der Waals surface area contributed by atoms with Gasteiger partial charge in [-0.25, -0.2) is 18.4 Å². The number of nitrogens with zero attached hydrogens (tertiary/aromatic N) is 2. The minimum atomic E-state index is -3.63. The van der Waals surface area contributed by atoms with E-state index in [4.69, 9.17) is 5.73 Å². The van der Waals surface area contributed by atoms with Gasteiger partial charge in [-0.3, -0.25) is 4.72 Å². The van der Waals surface area contributed by atoms with E-state index in [-0.39, 0.29) is 10.0 Å². The summed E-state index contributed by atoms with van der Waals surface area (Å²) in [5.74, 6) is 0.153. The van der Waals surface area contributed by atoms with Gasteiger partial charge in [-0.2, -0.15) is 0 Å². The zero-order valence-electron chi connectivity index (χ0n) is 8.29. The van der Waals surface area contributed by atoms with Crippen molar-refractivity contribution in [2.45, 2.75) is 4.21 Å². The van der Waals surface area contributed by atoms with Crippen LogP contribution in [0.25, 0.3) is 0 Å². The lowest BCUT2D eigenvalue weighted by atomic mass is 10.6. The predicted molar refractivity (Wildman–Crippen MR) is 69.3 cm³/mol. The molecule has 0 saturated heterocycles. The van der Waals surface area contributed by atoms with Crippen LogP contribution in [0.2, 0.25) is 0 Å². The topological polar surface area (TPSA) is 98.0 Å². The van der Waals surface area contributed by atoms with Crippen LogP contribution in [0.15, 0.2) is 32.7 Å². The molecule has 0 aliphatic carbocycles. The highest BCUT2D eigenvalue weighted by atomic mass is 79.9. The van der Waals surface area contributed by atoms with E-state index in [1.807, 2.05) is 0 Å². The van der Waals surface area contributed by atoms with E-state index in [9.17, 15) is 8.42 Å². The van der Waals surface area contributed by atoms with Gasteiger partial charge in [-0.15, -0.1) is 11.3 Å². The first-order valence-corrected chi connectivity index (χ1v) is 7.47. The Morgan fingerprint density at radius 1 is 1.35 bits per heavy atom. The largest absolute Gasteiger partial charge is 0.398 e. The zero-order chi connectivity index (χ0) is 12.5. The van der Waals surface area contributed by atoms with Crippen molar-refractivity contribution < 1.29 is 8.42 Å². The molecule has 17 heavy (non-hydrogen) atoms. The second kappa shape index (κ2) is 4.59. The lowest BCUT2D eigenvalue weighted by molar-refractivity contribution is 0.603. The molecule has 90 valence electrons. The van der Waals surface area contributed by atoms with E-state index in [0.29, 0.717) is 10.3 Å². The number of thiophene rings is 1. The molecule has 3 N–H and O–H groups in total. The van der Waals surface area contributed by atoms with E-state index in [1.54, 1.807) is 5.38 Å². The summed E-state index contributed by atoms with van der Waals surface area (Å²) >= 11 is 4.15. The summed E-state index contributed by atoms with van der Waals surface area (Å²) in [6.45, 7) is 0. The fourth-order valence-corrected chi connectivity index (χ4v) is 3.30. The van der Waals surface area contributed by atoms with Crippen LogP contribution in [0.5, 0.6) is 0 Å². The molecular weight excluding hydrogens is 328 g/mol. The molecule has 2 aromatic rings. The molecule has 0 aliphatic rings. The number of anilines is 2. The first-order valence-electron chi connectivity index (χ1n) is 4.32. The van der Waals surface area contributed by atoms with Crippen molar-refractivity contribution >= 4 is 48.8 Å². The van der Waals surface area contributed by atoms with E-state index >= 15 is 0 Å². The third kappa shape index (κ3) is 2.93.